The quantitative estimate of drug-likeness (QED) is 0.694. The van der Waals surface area contributed by atoms with Gasteiger partial charge in [-0.2, -0.15) is 0 Å². The fourth-order valence-electron chi connectivity index (χ4n) is 2.02. The van der Waals surface area contributed by atoms with Crippen LogP contribution in [0.15, 0.2) is 29.3 Å². The zero-order valence-electron chi connectivity index (χ0n) is 9.57. The smallest absolute Gasteiger partial charge is 0.175 e. The van der Waals surface area contributed by atoms with Gasteiger partial charge in [0.05, 0.1) is 23.1 Å². The van der Waals surface area contributed by atoms with Crippen LogP contribution in [0, 0.1) is 0 Å². The van der Waals surface area contributed by atoms with Gasteiger partial charge in [-0.3, -0.25) is 0 Å². The maximum Gasteiger partial charge on any atom is 0.175 e. The van der Waals surface area contributed by atoms with Crippen molar-refractivity contribution in [3.63, 3.8) is 0 Å². The SMILES string of the molecule is NCCc1[nH]c(Br)nc1-c1ccc2nc[nH]c2c1. The minimum Gasteiger partial charge on any atom is -0.345 e. The van der Waals surface area contributed by atoms with Crippen LogP contribution in [0.25, 0.3) is 22.3 Å². The van der Waals surface area contributed by atoms with E-state index in [0.717, 1.165) is 39.1 Å². The molecular weight excluding hydrogens is 294 g/mol. The highest BCUT2D eigenvalue weighted by Crippen LogP contribution is 2.26. The number of hydrogen-bond acceptors (Lipinski definition) is 3. The number of halogens is 1. The average molecular weight is 306 g/mol. The number of nitrogens with zero attached hydrogens (tertiary/aromatic N) is 2. The first-order valence-corrected chi connectivity index (χ1v) is 6.45. The summed E-state index contributed by atoms with van der Waals surface area (Å²) in [6.07, 6.45) is 2.46. The van der Waals surface area contributed by atoms with Crippen molar-refractivity contribution in [2.24, 2.45) is 5.73 Å². The summed E-state index contributed by atoms with van der Waals surface area (Å²) in [5.41, 5.74) is 10.6. The molecular formula is C12H12BrN5. The molecule has 0 radical (unpaired) electrons. The van der Waals surface area contributed by atoms with Crippen LogP contribution in [0.2, 0.25) is 0 Å². The molecule has 4 N–H and O–H groups in total. The first kappa shape index (κ1) is 11.4. The lowest BCUT2D eigenvalue weighted by Gasteiger charge is -2.01. The Morgan fingerprint density at radius 3 is 3.06 bits per heavy atom. The van der Waals surface area contributed by atoms with E-state index in [2.05, 4.69) is 35.9 Å². The third-order valence-electron chi connectivity index (χ3n) is 2.84. The van der Waals surface area contributed by atoms with Crippen LogP contribution in [-0.4, -0.2) is 26.5 Å². The molecule has 0 saturated heterocycles. The Balaban J connectivity index is 2.12. The van der Waals surface area contributed by atoms with Gasteiger partial charge in [0.25, 0.3) is 0 Å². The van der Waals surface area contributed by atoms with Gasteiger partial charge >= 0.3 is 0 Å². The molecule has 0 fully saturated rings. The van der Waals surface area contributed by atoms with E-state index in [0.29, 0.717) is 6.54 Å². The summed E-state index contributed by atoms with van der Waals surface area (Å²) in [6.45, 7) is 0.591. The van der Waals surface area contributed by atoms with E-state index in [-0.39, 0.29) is 0 Å². The van der Waals surface area contributed by atoms with E-state index in [1.54, 1.807) is 6.33 Å². The van der Waals surface area contributed by atoms with Gasteiger partial charge in [-0.05, 0) is 34.6 Å². The number of aromatic nitrogens is 4. The van der Waals surface area contributed by atoms with Gasteiger partial charge < -0.3 is 15.7 Å². The molecule has 3 aromatic rings. The Kier molecular flexibility index (Phi) is 2.89. The molecule has 0 aliphatic carbocycles. The van der Waals surface area contributed by atoms with Crippen molar-refractivity contribution in [2.45, 2.75) is 6.42 Å². The van der Waals surface area contributed by atoms with Crippen molar-refractivity contribution in [2.75, 3.05) is 6.54 Å². The minimum absolute atomic E-state index is 0.591. The summed E-state index contributed by atoms with van der Waals surface area (Å²) in [4.78, 5) is 15.0. The molecule has 3 rings (SSSR count). The van der Waals surface area contributed by atoms with Crippen LogP contribution >= 0.6 is 15.9 Å². The first-order chi connectivity index (χ1) is 8.78. The van der Waals surface area contributed by atoms with E-state index in [1.807, 2.05) is 18.2 Å². The van der Waals surface area contributed by atoms with Crippen molar-refractivity contribution >= 4 is 27.0 Å². The number of rotatable bonds is 3. The maximum atomic E-state index is 5.61. The molecule has 2 heterocycles. The second-order valence-corrected chi connectivity index (χ2v) is 4.78. The Hall–Kier alpha value is -1.66. The molecule has 0 amide bonds. The van der Waals surface area contributed by atoms with Crippen LogP contribution < -0.4 is 5.73 Å². The molecule has 6 heteroatoms. The minimum atomic E-state index is 0.591. The highest BCUT2D eigenvalue weighted by molar-refractivity contribution is 9.10. The van der Waals surface area contributed by atoms with E-state index >= 15 is 0 Å². The summed E-state index contributed by atoms with van der Waals surface area (Å²) < 4.78 is 0.727. The van der Waals surface area contributed by atoms with Gasteiger partial charge in [-0.15, -0.1) is 0 Å². The molecule has 0 saturated carbocycles. The standard InChI is InChI=1S/C12H12BrN5/c13-12-17-9(3-4-14)11(18-12)7-1-2-8-10(5-7)16-6-15-8/h1-2,5-6H,3-4,14H2,(H,15,16)(H,17,18). The zero-order valence-corrected chi connectivity index (χ0v) is 11.2. The van der Waals surface area contributed by atoms with E-state index in [9.17, 15) is 0 Å². The Labute approximate surface area is 112 Å². The van der Waals surface area contributed by atoms with Gasteiger partial charge in [-0.25, -0.2) is 9.97 Å². The van der Waals surface area contributed by atoms with Crippen LogP contribution in [0.1, 0.15) is 5.69 Å². The fourth-order valence-corrected chi connectivity index (χ4v) is 2.44. The van der Waals surface area contributed by atoms with Gasteiger partial charge in [0, 0.05) is 17.7 Å². The summed E-state index contributed by atoms with van der Waals surface area (Å²) in [7, 11) is 0. The molecule has 5 nitrogen and oxygen atoms in total. The monoisotopic (exact) mass is 305 g/mol. The number of imidazole rings is 2. The molecule has 1 aromatic carbocycles. The van der Waals surface area contributed by atoms with Gasteiger partial charge in [0.15, 0.2) is 4.73 Å². The zero-order chi connectivity index (χ0) is 12.5. The highest BCUT2D eigenvalue weighted by atomic mass is 79.9. The molecule has 0 aliphatic heterocycles. The third kappa shape index (κ3) is 1.93. The van der Waals surface area contributed by atoms with Crippen LogP contribution in [0.5, 0.6) is 0 Å². The second-order valence-electron chi connectivity index (χ2n) is 4.03. The normalized spacial score (nSPS) is 11.2. The molecule has 0 aliphatic rings. The summed E-state index contributed by atoms with van der Waals surface area (Å²) in [5.74, 6) is 0. The van der Waals surface area contributed by atoms with Crippen LogP contribution in [0.4, 0.5) is 0 Å². The molecule has 92 valence electrons. The maximum absolute atomic E-state index is 5.61. The molecule has 0 bridgehead atoms. The topological polar surface area (TPSA) is 83.4 Å². The molecule has 0 unspecified atom stereocenters. The summed E-state index contributed by atoms with van der Waals surface area (Å²) in [5, 5.41) is 0. The molecule has 2 aromatic heterocycles. The number of H-pyrrole nitrogens is 2. The van der Waals surface area contributed by atoms with Crippen LogP contribution in [0.3, 0.4) is 0 Å². The number of aromatic amines is 2. The number of nitrogens with two attached hydrogens (primary N) is 1. The highest BCUT2D eigenvalue weighted by Gasteiger charge is 2.11. The third-order valence-corrected chi connectivity index (χ3v) is 3.21. The average Bonchev–Trinajstić information content (AvgIpc) is 2.95. The van der Waals surface area contributed by atoms with E-state index in [4.69, 9.17) is 5.73 Å². The predicted octanol–water partition coefficient (Wildman–Crippen LogP) is 2.22. The Morgan fingerprint density at radius 2 is 2.22 bits per heavy atom. The lowest BCUT2D eigenvalue weighted by molar-refractivity contribution is 0.934. The largest absolute Gasteiger partial charge is 0.345 e. The number of hydrogen-bond donors (Lipinski definition) is 3. The van der Waals surface area contributed by atoms with Crippen molar-refractivity contribution in [3.05, 3.63) is 35.0 Å². The number of benzene rings is 1. The number of nitrogens with one attached hydrogen (secondary N) is 2. The van der Waals surface area contributed by atoms with E-state index < -0.39 is 0 Å². The van der Waals surface area contributed by atoms with E-state index in [1.165, 1.54) is 0 Å². The predicted molar refractivity (Wildman–Crippen MR) is 74.1 cm³/mol. The number of fused-ring (bicyclic) bond motifs is 1. The summed E-state index contributed by atoms with van der Waals surface area (Å²) >= 11 is 3.36. The Bertz CT molecular complexity index is 685. The van der Waals surface area contributed by atoms with Crippen molar-refractivity contribution in [1.82, 2.24) is 19.9 Å². The lowest BCUT2D eigenvalue weighted by Crippen LogP contribution is -2.04. The molecule has 0 atom stereocenters. The lowest BCUT2D eigenvalue weighted by atomic mass is 10.1. The van der Waals surface area contributed by atoms with Crippen LogP contribution in [-0.2, 0) is 6.42 Å². The summed E-state index contributed by atoms with van der Waals surface area (Å²) in [6, 6.07) is 6.05. The van der Waals surface area contributed by atoms with Gasteiger partial charge in [-0.1, -0.05) is 6.07 Å². The van der Waals surface area contributed by atoms with Crippen molar-refractivity contribution in [3.8, 4) is 11.3 Å². The molecule has 0 spiro atoms. The first-order valence-electron chi connectivity index (χ1n) is 5.66. The second kappa shape index (κ2) is 4.55. The van der Waals surface area contributed by atoms with Crippen molar-refractivity contribution < 1.29 is 0 Å². The van der Waals surface area contributed by atoms with Crippen molar-refractivity contribution in [1.29, 1.82) is 0 Å². The Morgan fingerprint density at radius 1 is 1.33 bits per heavy atom. The fraction of sp³-hybridized carbons (Fsp3) is 0.167. The van der Waals surface area contributed by atoms with Gasteiger partial charge in [0.1, 0.15) is 0 Å². The van der Waals surface area contributed by atoms with Gasteiger partial charge in [0.2, 0.25) is 0 Å². The molecule has 18 heavy (non-hydrogen) atoms.